The van der Waals surface area contributed by atoms with E-state index in [0.717, 1.165) is 5.56 Å². The summed E-state index contributed by atoms with van der Waals surface area (Å²) in [6, 6.07) is 8.64. The average Bonchev–Trinajstić information content (AvgIpc) is 2.47. The summed E-state index contributed by atoms with van der Waals surface area (Å²) >= 11 is 0. The number of primary amides is 1. The zero-order valence-corrected chi connectivity index (χ0v) is 11.2. The lowest BCUT2D eigenvalue weighted by Gasteiger charge is -2.12. The van der Waals surface area contributed by atoms with Gasteiger partial charge in [0.1, 0.15) is 6.61 Å². The minimum absolute atomic E-state index is 0.393. The highest BCUT2D eigenvalue weighted by molar-refractivity contribution is 5.93. The van der Waals surface area contributed by atoms with Crippen LogP contribution in [-0.2, 0) is 6.61 Å². The van der Waals surface area contributed by atoms with Crippen molar-refractivity contribution in [2.75, 3.05) is 6.61 Å². The van der Waals surface area contributed by atoms with Crippen molar-refractivity contribution in [2.24, 2.45) is 5.73 Å². The van der Waals surface area contributed by atoms with E-state index in [0.29, 0.717) is 30.3 Å². The van der Waals surface area contributed by atoms with Crippen LogP contribution in [0.25, 0.3) is 0 Å². The number of hydrogen-bond acceptors (Lipinski definition) is 4. The van der Waals surface area contributed by atoms with Gasteiger partial charge in [0.25, 0.3) is 0 Å². The number of nitrogens with two attached hydrogens (primary N) is 1. The van der Waals surface area contributed by atoms with Gasteiger partial charge in [0.05, 0.1) is 6.61 Å². The third-order valence-corrected chi connectivity index (χ3v) is 2.67. The first kappa shape index (κ1) is 13.9. The maximum atomic E-state index is 11.2. The number of aromatic nitrogens is 1. The number of benzene rings is 1. The Balaban J connectivity index is 2.16. The molecule has 2 rings (SSSR count). The summed E-state index contributed by atoms with van der Waals surface area (Å²) in [5.74, 6) is 0.596. The molecule has 2 aromatic rings. The van der Waals surface area contributed by atoms with Gasteiger partial charge in [0, 0.05) is 18.0 Å². The summed E-state index contributed by atoms with van der Waals surface area (Å²) in [7, 11) is 0. The summed E-state index contributed by atoms with van der Waals surface area (Å²) in [5.41, 5.74) is 6.65. The van der Waals surface area contributed by atoms with Crippen LogP contribution in [-0.4, -0.2) is 17.5 Å². The molecule has 2 N–H and O–H groups in total. The first-order valence-corrected chi connectivity index (χ1v) is 6.29. The standard InChI is InChI=1S/C15H16N2O3/c1-2-19-14-9-12(15(16)18)3-4-13(14)20-10-11-5-7-17-8-6-11/h3-9H,2,10H2,1H3,(H2,16,18). The molecule has 0 aliphatic heterocycles. The van der Waals surface area contributed by atoms with Gasteiger partial charge in [0.2, 0.25) is 5.91 Å². The Bertz CT molecular complexity index is 585. The van der Waals surface area contributed by atoms with Crippen molar-refractivity contribution in [3.8, 4) is 11.5 Å². The molecular formula is C15H16N2O3. The van der Waals surface area contributed by atoms with E-state index < -0.39 is 5.91 Å². The molecule has 1 heterocycles. The molecule has 5 nitrogen and oxygen atoms in total. The van der Waals surface area contributed by atoms with Crippen LogP contribution < -0.4 is 15.2 Å². The number of nitrogens with zero attached hydrogens (tertiary/aromatic N) is 1. The fourth-order valence-electron chi connectivity index (χ4n) is 1.69. The van der Waals surface area contributed by atoms with Crippen molar-refractivity contribution in [3.05, 3.63) is 53.9 Å². The topological polar surface area (TPSA) is 74.4 Å². The molecule has 0 bridgehead atoms. The maximum absolute atomic E-state index is 11.2. The predicted molar refractivity (Wildman–Crippen MR) is 74.7 cm³/mol. The van der Waals surface area contributed by atoms with Gasteiger partial charge in [-0.2, -0.15) is 0 Å². The third-order valence-electron chi connectivity index (χ3n) is 2.67. The van der Waals surface area contributed by atoms with E-state index in [2.05, 4.69) is 4.98 Å². The van der Waals surface area contributed by atoms with Crippen molar-refractivity contribution in [1.29, 1.82) is 0 Å². The van der Waals surface area contributed by atoms with E-state index in [4.69, 9.17) is 15.2 Å². The predicted octanol–water partition coefficient (Wildman–Crippen LogP) is 2.16. The average molecular weight is 272 g/mol. The van der Waals surface area contributed by atoms with Crippen LogP contribution in [0.3, 0.4) is 0 Å². The number of hydrogen-bond donors (Lipinski definition) is 1. The molecule has 104 valence electrons. The lowest BCUT2D eigenvalue weighted by molar-refractivity contribution is 0.0999. The summed E-state index contributed by atoms with van der Waals surface area (Å²) in [6.45, 7) is 2.75. The molecule has 0 unspecified atom stereocenters. The number of pyridine rings is 1. The smallest absolute Gasteiger partial charge is 0.248 e. The molecule has 5 heteroatoms. The van der Waals surface area contributed by atoms with Crippen LogP contribution in [0.2, 0.25) is 0 Å². The van der Waals surface area contributed by atoms with Gasteiger partial charge in [-0.25, -0.2) is 0 Å². The number of carbonyl (C=O) groups excluding carboxylic acids is 1. The van der Waals surface area contributed by atoms with Crippen molar-refractivity contribution in [3.63, 3.8) is 0 Å². The van der Waals surface area contributed by atoms with Gasteiger partial charge < -0.3 is 15.2 Å². The third kappa shape index (κ3) is 3.47. The Morgan fingerprint density at radius 1 is 1.15 bits per heavy atom. The highest BCUT2D eigenvalue weighted by Crippen LogP contribution is 2.29. The van der Waals surface area contributed by atoms with Gasteiger partial charge in [-0.3, -0.25) is 9.78 Å². The lowest BCUT2D eigenvalue weighted by atomic mass is 10.2. The minimum Gasteiger partial charge on any atom is -0.490 e. The Labute approximate surface area is 117 Å². The van der Waals surface area contributed by atoms with Crippen LogP contribution in [0.4, 0.5) is 0 Å². The fourth-order valence-corrected chi connectivity index (χ4v) is 1.69. The molecule has 1 aromatic heterocycles. The van der Waals surface area contributed by atoms with Gasteiger partial charge in [-0.05, 0) is 42.8 Å². The van der Waals surface area contributed by atoms with E-state index in [1.54, 1.807) is 30.6 Å². The van der Waals surface area contributed by atoms with E-state index in [1.165, 1.54) is 0 Å². The van der Waals surface area contributed by atoms with Crippen molar-refractivity contribution < 1.29 is 14.3 Å². The highest BCUT2D eigenvalue weighted by atomic mass is 16.5. The Morgan fingerprint density at radius 3 is 2.55 bits per heavy atom. The summed E-state index contributed by atoms with van der Waals surface area (Å²) in [5, 5.41) is 0. The second-order valence-electron chi connectivity index (χ2n) is 4.10. The molecule has 20 heavy (non-hydrogen) atoms. The second-order valence-corrected chi connectivity index (χ2v) is 4.10. The zero-order chi connectivity index (χ0) is 14.4. The van der Waals surface area contributed by atoms with Crippen molar-refractivity contribution in [2.45, 2.75) is 13.5 Å². The number of ether oxygens (including phenoxy) is 2. The molecule has 0 spiro atoms. The highest BCUT2D eigenvalue weighted by Gasteiger charge is 2.09. The number of carbonyl (C=O) groups is 1. The van der Waals surface area contributed by atoms with E-state index in [9.17, 15) is 4.79 Å². The normalized spacial score (nSPS) is 10.1. The zero-order valence-electron chi connectivity index (χ0n) is 11.2. The molecule has 1 amide bonds. The van der Waals surface area contributed by atoms with Gasteiger partial charge >= 0.3 is 0 Å². The van der Waals surface area contributed by atoms with Crippen molar-refractivity contribution >= 4 is 5.91 Å². The maximum Gasteiger partial charge on any atom is 0.248 e. The Kier molecular flexibility index (Phi) is 4.55. The monoisotopic (exact) mass is 272 g/mol. The molecule has 1 aromatic carbocycles. The van der Waals surface area contributed by atoms with Crippen LogP contribution in [0, 0.1) is 0 Å². The fraction of sp³-hybridized carbons (Fsp3) is 0.200. The molecule has 0 aliphatic carbocycles. The Morgan fingerprint density at radius 2 is 1.90 bits per heavy atom. The van der Waals surface area contributed by atoms with Crippen LogP contribution in [0.5, 0.6) is 11.5 Å². The van der Waals surface area contributed by atoms with Gasteiger partial charge in [0.15, 0.2) is 11.5 Å². The summed E-state index contributed by atoms with van der Waals surface area (Å²) in [4.78, 5) is 15.1. The molecule has 0 fully saturated rings. The molecule has 0 saturated carbocycles. The van der Waals surface area contributed by atoms with E-state index in [1.807, 2.05) is 19.1 Å². The molecule has 0 radical (unpaired) electrons. The molecule has 0 atom stereocenters. The molecular weight excluding hydrogens is 256 g/mol. The number of rotatable bonds is 6. The lowest BCUT2D eigenvalue weighted by Crippen LogP contribution is -2.11. The molecule has 0 saturated heterocycles. The molecule has 0 aliphatic rings. The largest absolute Gasteiger partial charge is 0.490 e. The van der Waals surface area contributed by atoms with Gasteiger partial charge in [-0.1, -0.05) is 0 Å². The summed E-state index contributed by atoms with van der Waals surface area (Å²) in [6.07, 6.45) is 3.41. The minimum atomic E-state index is -0.494. The number of amides is 1. The quantitative estimate of drug-likeness (QED) is 0.874. The second kappa shape index (κ2) is 6.56. The Hall–Kier alpha value is -2.56. The van der Waals surface area contributed by atoms with Crippen LogP contribution >= 0.6 is 0 Å². The summed E-state index contributed by atoms with van der Waals surface area (Å²) < 4.78 is 11.2. The SMILES string of the molecule is CCOc1cc(C(N)=O)ccc1OCc1ccncc1. The van der Waals surface area contributed by atoms with E-state index in [-0.39, 0.29) is 0 Å². The van der Waals surface area contributed by atoms with Crippen molar-refractivity contribution in [1.82, 2.24) is 4.98 Å². The van der Waals surface area contributed by atoms with Crippen LogP contribution in [0.1, 0.15) is 22.8 Å². The van der Waals surface area contributed by atoms with Crippen LogP contribution in [0.15, 0.2) is 42.7 Å². The van der Waals surface area contributed by atoms with Gasteiger partial charge in [-0.15, -0.1) is 0 Å². The van der Waals surface area contributed by atoms with E-state index >= 15 is 0 Å². The first-order valence-electron chi connectivity index (χ1n) is 6.29. The first-order chi connectivity index (χ1) is 9.70.